The molecular formula is C13H21ClN4. The number of halogens is 1. The van der Waals surface area contributed by atoms with Crippen molar-refractivity contribution in [3.05, 3.63) is 17.0 Å². The van der Waals surface area contributed by atoms with E-state index < -0.39 is 0 Å². The SMILES string of the molecule is CCc1nc(Cl)cc(NCC(C)N(C)C2CC2)n1. The van der Waals surface area contributed by atoms with Gasteiger partial charge < -0.3 is 5.32 Å². The van der Waals surface area contributed by atoms with Gasteiger partial charge in [-0.05, 0) is 26.8 Å². The van der Waals surface area contributed by atoms with Crippen LogP contribution in [0.1, 0.15) is 32.5 Å². The van der Waals surface area contributed by atoms with E-state index in [-0.39, 0.29) is 0 Å². The maximum Gasteiger partial charge on any atom is 0.134 e. The van der Waals surface area contributed by atoms with Gasteiger partial charge >= 0.3 is 0 Å². The Morgan fingerprint density at radius 1 is 1.50 bits per heavy atom. The van der Waals surface area contributed by atoms with Crippen molar-refractivity contribution in [1.29, 1.82) is 0 Å². The highest BCUT2D eigenvalue weighted by Crippen LogP contribution is 2.26. The summed E-state index contributed by atoms with van der Waals surface area (Å²) < 4.78 is 0. The standard InChI is InChI=1S/C13H21ClN4/c1-4-12-16-11(14)7-13(17-12)15-8-9(2)18(3)10-5-6-10/h7,9-10H,4-6,8H2,1-3H3,(H,15,16,17). The molecule has 1 aliphatic rings. The van der Waals surface area contributed by atoms with Crippen LogP contribution in [0.3, 0.4) is 0 Å². The maximum atomic E-state index is 5.97. The minimum absolute atomic E-state index is 0.497. The Balaban J connectivity index is 1.90. The van der Waals surface area contributed by atoms with Gasteiger partial charge in [0.05, 0.1) is 0 Å². The highest BCUT2D eigenvalue weighted by Gasteiger charge is 2.28. The molecule has 2 rings (SSSR count). The van der Waals surface area contributed by atoms with Crippen molar-refractivity contribution in [2.45, 2.75) is 45.2 Å². The molecule has 1 saturated carbocycles. The molecule has 1 fully saturated rings. The van der Waals surface area contributed by atoms with E-state index in [0.29, 0.717) is 11.2 Å². The van der Waals surface area contributed by atoms with Gasteiger partial charge in [0.25, 0.3) is 0 Å². The number of rotatable bonds is 6. The zero-order valence-corrected chi connectivity index (χ0v) is 12.0. The third-order valence-corrected chi connectivity index (χ3v) is 3.65. The van der Waals surface area contributed by atoms with E-state index in [1.165, 1.54) is 12.8 Å². The van der Waals surface area contributed by atoms with E-state index in [9.17, 15) is 0 Å². The molecule has 0 saturated heterocycles. The van der Waals surface area contributed by atoms with Crippen LogP contribution in [0.2, 0.25) is 5.15 Å². The Bertz CT molecular complexity index is 406. The van der Waals surface area contributed by atoms with Gasteiger partial charge in [0.15, 0.2) is 0 Å². The lowest BCUT2D eigenvalue weighted by Crippen LogP contribution is -2.36. The van der Waals surface area contributed by atoms with Gasteiger partial charge in [-0.15, -0.1) is 0 Å². The zero-order valence-electron chi connectivity index (χ0n) is 11.3. The van der Waals surface area contributed by atoms with E-state index in [1.54, 1.807) is 6.07 Å². The fourth-order valence-corrected chi connectivity index (χ4v) is 2.15. The Hall–Kier alpha value is -0.870. The van der Waals surface area contributed by atoms with Gasteiger partial charge in [-0.25, -0.2) is 9.97 Å². The van der Waals surface area contributed by atoms with E-state index in [2.05, 4.69) is 34.2 Å². The maximum absolute atomic E-state index is 5.97. The van der Waals surface area contributed by atoms with Crippen LogP contribution in [0.15, 0.2) is 6.07 Å². The Morgan fingerprint density at radius 3 is 2.83 bits per heavy atom. The molecule has 0 aliphatic heterocycles. The number of nitrogens with one attached hydrogen (secondary N) is 1. The van der Waals surface area contributed by atoms with Crippen LogP contribution in [0, 0.1) is 0 Å². The Kier molecular flexibility index (Phi) is 4.40. The second kappa shape index (κ2) is 5.85. The third kappa shape index (κ3) is 3.56. The van der Waals surface area contributed by atoms with E-state index >= 15 is 0 Å². The third-order valence-electron chi connectivity index (χ3n) is 3.45. The molecule has 0 bridgehead atoms. The Labute approximate surface area is 114 Å². The van der Waals surface area contributed by atoms with Crippen LogP contribution in [0.25, 0.3) is 0 Å². The number of aryl methyl sites for hydroxylation is 1. The smallest absolute Gasteiger partial charge is 0.134 e. The van der Waals surface area contributed by atoms with Crippen LogP contribution in [-0.4, -0.2) is 40.5 Å². The second-order valence-electron chi connectivity index (χ2n) is 4.97. The van der Waals surface area contributed by atoms with Crippen molar-refractivity contribution in [3.8, 4) is 0 Å². The van der Waals surface area contributed by atoms with Gasteiger partial charge in [-0.3, -0.25) is 4.90 Å². The van der Waals surface area contributed by atoms with E-state index in [0.717, 1.165) is 30.6 Å². The molecule has 0 aromatic carbocycles. The molecule has 1 heterocycles. The zero-order chi connectivity index (χ0) is 13.1. The minimum Gasteiger partial charge on any atom is -0.368 e. The molecule has 100 valence electrons. The molecule has 0 amide bonds. The van der Waals surface area contributed by atoms with Crippen LogP contribution >= 0.6 is 11.6 Å². The number of hydrogen-bond donors (Lipinski definition) is 1. The van der Waals surface area contributed by atoms with Gasteiger partial charge in [-0.1, -0.05) is 18.5 Å². The molecule has 5 heteroatoms. The fraction of sp³-hybridized carbons (Fsp3) is 0.692. The lowest BCUT2D eigenvalue weighted by molar-refractivity contribution is 0.257. The lowest BCUT2D eigenvalue weighted by Gasteiger charge is -2.24. The molecular weight excluding hydrogens is 248 g/mol. The van der Waals surface area contributed by atoms with Gasteiger partial charge in [0, 0.05) is 31.1 Å². The molecule has 1 atom stereocenters. The van der Waals surface area contributed by atoms with Gasteiger partial charge in [0.2, 0.25) is 0 Å². The average Bonchev–Trinajstić information content (AvgIpc) is 3.18. The quantitative estimate of drug-likeness (QED) is 0.805. The topological polar surface area (TPSA) is 41.1 Å². The van der Waals surface area contributed by atoms with Crippen LogP contribution < -0.4 is 5.32 Å². The first-order valence-electron chi connectivity index (χ1n) is 6.59. The second-order valence-corrected chi connectivity index (χ2v) is 5.36. The fourth-order valence-electron chi connectivity index (χ4n) is 1.95. The summed E-state index contributed by atoms with van der Waals surface area (Å²) in [5.74, 6) is 1.61. The summed E-state index contributed by atoms with van der Waals surface area (Å²) in [4.78, 5) is 11.0. The van der Waals surface area contributed by atoms with Crippen molar-refractivity contribution in [2.75, 3.05) is 18.9 Å². The van der Waals surface area contributed by atoms with E-state index in [4.69, 9.17) is 11.6 Å². The average molecular weight is 269 g/mol. The van der Waals surface area contributed by atoms with Crippen molar-refractivity contribution in [1.82, 2.24) is 14.9 Å². The summed E-state index contributed by atoms with van der Waals surface area (Å²) in [6, 6.07) is 3.06. The van der Waals surface area contributed by atoms with E-state index in [1.807, 2.05) is 6.92 Å². The summed E-state index contributed by atoms with van der Waals surface area (Å²) in [6.45, 7) is 5.14. The number of nitrogens with zero attached hydrogens (tertiary/aromatic N) is 3. The van der Waals surface area contributed by atoms with Crippen LogP contribution in [-0.2, 0) is 6.42 Å². The highest BCUT2D eigenvalue weighted by atomic mass is 35.5. The number of aromatic nitrogens is 2. The summed E-state index contributed by atoms with van der Waals surface area (Å²) in [5.41, 5.74) is 0. The van der Waals surface area contributed by atoms with Crippen molar-refractivity contribution >= 4 is 17.4 Å². The van der Waals surface area contributed by atoms with Gasteiger partial charge in [-0.2, -0.15) is 0 Å². The van der Waals surface area contributed by atoms with Crippen LogP contribution in [0.4, 0.5) is 5.82 Å². The summed E-state index contributed by atoms with van der Waals surface area (Å²) in [5, 5.41) is 3.85. The largest absolute Gasteiger partial charge is 0.368 e. The van der Waals surface area contributed by atoms with Gasteiger partial charge in [0.1, 0.15) is 16.8 Å². The molecule has 0 spiro atoms. The number of likely N-dealkylation sites (N-methyl/N-ethyl adjacent to an activating group) is 1. The molecule has 1 unspecified atom stereocenters. The van der Waals surface area contributed by atoms with Crippen molar-refractivity contribution in [2.24, 2.45) is 0 Å². The first-order valence-corrected chi connectivity index (χ1v) is 6.97. The first kappa shape index (κ1) is 13.6. The normalized spacial score (nSPS) is 16.9. The molecule has 4 nitrogen and oxygen atoms in total. The number of anilines is 1. The summed E-state index contributed by atoms with van der Waals surface area (Å²) >= 11 is 5.97. The molecule has 1 aliphatic carbocycles. The molecule has 0 radical (unpaired) electrons. The Morgan fingerprint density at radius 2 is 2.22 bits per heavy atom. The lowest BCUT2D eigenvalue weighted by atomic mass is 10.3. The predicted octanol–water partition coefficient (Wildman–Crippen LogP) is 2.59. The predicted molar refractivity (Wildman–Crippen MR) is 75.2 cm³/mol. The molecule has 18 heavy (non-hydrogen) atoms. The van der Waals surface area contributed by atoms with Crippen molar-refractivity contribution in [3.63, 3.8) is 0 Å². The van der Waals surface area contributed by atoms with Crippen molar-refractivity contribution < 1.29 is 0 Å². The molecule has 1 aromatic rings. The monoisotopic (exact) mass is 268 g/mol. The summed E-state index contributed by atoms with van der Waals surface area (Å²) in [7, 11) is 2.19. The minimum atomic E-state index is 0.497. The van der Waals surface area contributed by atoms with Crippen LogP contribution in [0.5, 0.6) is 0 Å². The number of hydrogen-bond acceptors (Lipinski definition) is 4. The highest BCUT2D eigenvalue weighted by molar-refractivity contribution is 6.29. The first-order chi connectivity index (χ1) is 8.60. The molecule has 1 aromatic heterocycles. The summed E-state index contributed by atoms with van der Waals surface area (Å²) in [6.07, 6.45) is 3.47. The molecule has 1 N–H and O–H groups in total.